The second-order valence-electron chi connectivity index (χ2n) is 5.55. The van der Waals surface area contributed by atoms with Gasteiger partial charge in [-0.3, -0.25) is 25.2 Å². The van der Waals surface area contributed by atoms with Gasteiger partial charge in [0.1, 0.15) is 12.4 Å². The molecule has 0 radical (unpaired) electrons. The fourth-order valence-electron chi connectivity index (χ4n) is 2.37. The van der Waals surface area contributed by atoms with Crippen molar-refractivity contribution >= 4 is 23.8 Å². The summed E-state index contributed by atoms with van der Waals surface area (Å²) in [4.78, 5) is 36.7. The smallest absolute Gasteiger partial charge is 0.262 e. The predicted molar refractivity (Wildman–Crippen MR) is 86.8 cm³/mol. The Morgan fingerprint density at radius 3 is 2.83 bits per heavy atom. The topological polar surface area (TPSA) is 78.5 Å². The Hall–Kier alpha value is -2.70. The maximum Gasteiger partial charge on any atom is 0.262 e. The van der Waals surface area contributed by atoms with E-state index in [1.165, 1.54) is 35.3 Å². The second kappa shape index (κ2) is 8.81. The van der Waals surface area contributed by atoms with Crippen molar-refractivity contribution in [1.82, 2.24) is 15.8 Å². The van der Waals surface area contributed by atoms with Crippen LogP contribution in [0, 0.1) is 5.82 Å². The molecule has 0 aromatic heterocycles. The minimum absolute atomic E-state index is 0.0417. The molecule has 0 bridgehead atoms. The van der Waals surface area contributed by atoms with E-state index in [4.69, 9.17) is 0 Å². The summed E-state index contributed by atoms with van der Waals surface area (Å²) in [5.41, 5.74) is 5.02. The predicted octanol–water partition coefficient (Wildman–Crippen LogP) is 1.39. The summed E-state index contributed by atoms with van der Waals surface area (Å²) in [5, 5.41) is 0. The lowest BCUT2D eigenvalue weighted by Crippen LogP contribution is -2.47. The fraction of sp³-hybridized carbons (Fsp3) is 0.353. The van der Waals surface area contributed by atoms with Crippen molar-refractivity contribution in [1.29, 1.82) is 0 Å². The maximum absolute atomic E-state index is 13.0. The molecule has 128 valence electrons. The summed E-state index contributed by atoms with van der Waals surface area (Å²) in [7, 11) is 0. The standard InChI is InChI=1S/C17H20FN3O3/c18-14-6-4-5-13(11-14)8-9-15(22)19-20-16(23)12-21-10-3-1-2-7-17(21)24/h4-6,8-9,11H,1-3,7,10,12H2,(H,19,22)(H,20,23)/b9-8+. The molecule has 3 amide bonds. The number of amides is 3. The van der Waals surface area contributed by atoms with Crippen LogP contribution in [0.4, 0.5) is 4.39 Å². The number of halogens is 1. The average Bonchev–Trinajstić information content (AvgIpc) is 2.76. The van der Waals surface area contributed by atoms with E-state index in [1.54, 1.807) is 6.07 Å². The van der Waals surface area contributed by atoms with E-state index in [2.05, 4.69) is 10.9 Å². The molecule has 1 saturated heterocycles. The summed E-state index contributed by atoms with van der Waals surface area (Å²) in [6, 6.07) is 5.78. The molecule has 0 saturated carbocycles. The third-order valence-corrected chi connectivity index (χ3v) is 3.61. The Balaban J connectivity index is 1.76. The van der Waals surface area contributed by atoms with Crippen LogP contribution in [0.5, 0.6) is 0 Å². The Kier molecular flexibility index (Phi) is 6.48. The lowest BCUT2D eigenvalue weighted by atomic mass is 10.2. The molecule has 6 nitrogen and oxygen atoms in total. The molecule has 24 heavy (non-hydrogen) atoms. The number of nitrogens with zero attached hydrogens (tertiary/aromatic N) is 1. The Labute approximate surface area is 139 Å². The van der Waals surface area contributed by atoms with Crippen LogP contribution in [-0.4, -0.2) is 35.7 Å². The Bertz CT molecular complexity index is 646. The molecular formula is C17H20FN3O3. The summed E-state index contributed by atoms with van der Waals surface area (Å²) in [5.74, 6) is -1.44. The minimum Gasteiger partial charge on any atom is -0.333 e. The zero-order valence-corrected chi connectivity index (χ0v) is 13.3. The number of nitrogens with one attached hydrogen (secondary N) is 2. The number of carbonyl (C=O) groups excluding carboxylic acids is 3. The number of carbonyl (C=O) groups is 3. The van der Waals surface area contributed by atoms with Gasteiger partial charge in [0.2, 0.25) is 5.91 Å². The van der Waals surface area contributed by atoms with Gasteiger partial charge in [0.15, 0.2) is 0 Å². The number of hydrogen-bond acceptors (Lipinski definition) is 3. The van der Waals surface area contributed by atoms with E-state index in [1.807, 2.05) is 0 Å². The van der Waals surface area contributed by atoms with Gasteiger partial charge < -0.3 is 4.90 Å². The molecule has 1 fully saturated rings. The van der Waals surface area contributed by atoms with Crippen LogP contribution in [0.2, 0.25) is 0 Å². The average molecular weight is 333 g/mol. The van der Waals surface area contributed by atoms with Crippen LogP contribution in [0.15, 0.2) is 30.3 Å². The van der Waals surface area contributed by atoms with Crippen LogP contribution >= 0.6 is 0 Å². The van der Waals surface area contributed by atoms with Crippen LogP contribution in [0.1, 0.15) is 31.2 Å². The third-order valence-electron chi connectivity index (χ3n) is 3.61. The van der Waals surface area contributed by atoms with Crippen molar-refractivity contribution in [2.24, 2.45) is 0 Å². The van der Waals surface area contributed by atoms with Gasteiger partial charge in [0.05, 0.1) is 0 Å². The normalized spacial score (nSPS) is 15.2. The highest BCUT2D eigenvalue weighted by Gasteiger charge is 2.19. The molecule has 1 aliphatic rings. The molecule has 1 aromatic rings. The fourth-order valence-corrected chi connectivity index (χ4v) is 2.37. The highest BCUT2D eigenvalue weighted by Crippen LogP contribution is 2.10. The number of hydrogen-bond donors (Lipinski definition) is 2. The Morgan fingerprint density at radius 1 is 1.21 bits per heavy atom. The summed E-state index contributed by atoms with van der Waals surface area (Å²) < 4.78 is 13.0. The van der Waals surface area contributed by atoms with Gasteiger partial charge in [-0.1, -0.05) is 18.6 Å². The second-order valence-corrected chi connectivity index (χ2v) is 5.55. The number of rotatable bonds is 4. The lowest BCUT2D eigenvalue weighted by molar-refractivity contribution is -0.136. The van der Waals surface area contributed by atoms with Crippen molar-refractivity contribution in [2.75, 3.05) is 13.1 Å². The SMILES string of the molecule is O=C(/C=C/c1cccc(F)c1)NNC(=O)CN1CCCCCC1=O. The first-order valence-electron chi connectivity index (χ1n) is 7.85. The molecule has 1 aromatic carbocycles. The zero-order chi connectivity index (χ0) is 17.4. The van der Waals surface area contributed by atoms with Crippen molar-refractivity contribution in [3.63, 3.8) is 0 Å². The van der Waals surface area contributed by atoms with Crippen LogP contribution in [0.25, 0.3) is 6.08 Å². The van der Waals surface area contributed by atoms with Crippen LogP contribution in [-0.2, 0) is 14.4 Å². The molecular weight excluding hydrogens is 313 g/mol. The van der Waals surface area contributed by atoms with E-state index in [0.717, 1.165) is 19.3 Å². The maximum atomic E-state index is 13.0. The molecule has 2 N–H and O–H groups in total. The first-order chi connectivity index (χ1) is 11.5. The van der Waals surface area contributed by atoms with Crippen molar-refractivity contribution < 1.29 is 18.8 Å². The van der Waals surface area contributed by atoms with E-state index in [0.29, 0.717) is 18.5 Å². The summed E-state index contributed by atoms with van der Waals surface area (Å²) in [6.07, 6.45) is 5.77. The largest absolute Gasteiger partial charge is 0.333 e. The van der Waals surface area contributed by atoms with E-state index in [9.17, 15) is 18.8 Å². The van der Waals surface area contributed by atoms with Gasteiger partial charge in [-0.15, -0.1) is 0 Å². The first-order valence-corrected chi connectivity index (χ1v) is 7.85. The highest BCUT2D eigenvalue weighted by molar-refractivity contribution is 5.93. The monoisotopic (exact) mass is 333 g/mol. The van der Waals surface area contributed by atoms with E-state index in [-0.39, 0.29) is 12.5 Å². The highest BCUT2D eigenvalue weighted by atomic mass is 19.1. The molecule has 0 atom stereocenters. The molecule has 1 aliphatic heterocycles. The summed E-state index contributed by atoms with van der Waals surface area (Å²) in [6.45, 7) is 0.479. The molecule has 1 heterocycles. The first kappa shape index (κ1) is 17.7. The van der Waals surface area contributed by atoms with Crippen molar-refractivity contribution in [3.8, 4) is 0 Å². The number of likely N-dealkylation sites (tertiary alicyclic amines) is 1. The molecule has 2 rings (SSSR count). The van der Waals surface area contributed by atoms with Gasteiger partial charge in [-0.25, -0.2) is 4.39 Å². The number of benzene rings is 1. The van der Waals surface area contributed by atoms with E-state index >= 15 is 0 Å². The number of hydrazine groups is 1. The summed E-state index contributed by atoms with van der Waals surface area (Å²) >= 11 is 0. The van der Waals surface area contributed by atoms with E-state index < -0.39 is 17.6 Å². The van der Waals surface area contributed by atoms with Crippen LogP contribution in [0.3, 0.4) is 0 Å². The van der Waals surface area contributed by atoms with Gasteiger partial charge in [-0.2, -0.15) is 0 Å². The van der Waals surface area contributed by atoms with Crippen molar-refractivity contribution in [2.45, 2.75) is 25.7 Å². The molecule has 0 spiro atoms. The van der Waals surface area contributed by atoms with Crippen LogP contribution < -0.4 is 10.9 Å². The van der Waals surface area contributed by atoms with Gasteiger partial charge in [0, 0.05) is 19.0 Å². The third kappa shape index (κ3) is 5.83. The van der Waals surface area contributed by atoms with Gasteiger partial charge in [0.25, 0.3) is 11.8 Å². The minimum atomic E-state index is -0.546. The van der Waals surface area contributed by atoms with Crippen molar-refractivity contribution in [3.05, 3.63) is 41.7 Å². The quantitative estimate of drug-likeness (QED) is 0.646. The van der Waals surface area contributed by atoms with Gasteiger partial charge in [-0.05, 0) is 36.6 Å². The zero-order valence-electron chi connectivity index (χ0n) is 13.3. The van der Waals surface area contributed by atoms with Gasteiger partial charge >= 0.3 is 0 Å². The molecule has 0 aliphatic carbocycles. The molecule has 7 heteroatoms. The molecule has 0 unspecified atom stereocenters. The Morgan fingerprint density at radius 2 is 2.04 bits per heavy atom. The lowest BCUT2D eigenvalue weighted by Gasteiger charge is -2.19.